The highest BCUT2D eigenvalue weighted by Gasteiger charge is 2.01. The van der Waals surface area contributed by atoms with Gasteiger partial charge in [0.05, 0.1) is 11.4 Å². The van der Waals surface area contributed by atoms with E-state index in [1.165, 1.54) is 12.1 Å². The number of nitrogens with one attached hydrogen (secondary N) is 1. The van der Waals surface area contributed by atoms with Crippen LogP contribution in [-0.4, -0.2) is 6.41 Å². The van der Waals surface area contributed by atoms with Crippen molar-refractivity contribution < 1.29 is 9.18 Å². The summed E-state index contributed by atoms with van der Waals surface area (Å²) in [6.07, 6.45) is 4.15. The van der Waals surface area contributed by atoms with Gasteiger partial charge < -0.3 is 11.1 Å². The Kier molecular flexibility index (Phi) is 5.72. The molecule has 1 aromatic carbocycles. The van der Waals surface area contributed by atoms with Gasteiger partial charge in [-0.05, 0) is 50.1 Å². The summed E-state index contributed by atoms with van der Waals surface area (Å²) in [4.78, 5) is 10.5. The Morgan fingerprint density at radius 1 is 1.15 bits per heavy atom. The molecule has 0 atom stereocenters. The molecule has 0 aliphatic heterocycles. The van der Waals surface area contributed by atoms with E-state index in [1.54, 1.807) is 18.2 Å². The molecule has 4 heteroatoms. The van der Waals surface area contributed by atoms with Gasteiger partial charge in [-0.1, -0.05) is 23.8 Å². The number of hydrogen-bond donors (Lipinski definition) is 2. The number of carbonyl (C=O) groups is 1. The normalized spacial score (nSPS) is 12.0. The second-order valence-corrected chi connectivity index (χ2v) is 4.62. The van der Waals surface area contributed by atoms with Crippen LogP contribution in [-0.2, 0) is 4.79 Å². The quantitative estimate of drug-likeness (QED) is 0.640. The molecule has 0 saturated heterocycles. The molecule has 0 unspecified atom stereocenters. The van der Waals surface area contributed by atoms with Crippen LogP contribution in [0.3, 0.4) is 0 Å². The maximum atomic E-state index is 12.8. The molecular weight excluding hydrogens is 255 g/mol. The molecule has 0 heterocycles. The van der Waals surface area contributed by atoms with Crippen LogP contribution < -0.4 is 11.1 Å². The van der Waals surface area contributed by atoms with Crippen LogP contribution in [0.25, 0.3) is 5.57 Å². The average Bonchev–Trinajstić information content (AvgIpc) is 2.42. The molecule has 3 nitrogen and oxygen atoms in total. The van der Waals surface area contributed by atoms with Gasteiger partial charge in [0.15, 0.2) is 0 Å². The van der Waals surface area contributed by atoms with Crippen LogP contribution in [0.2, 0.25) is 0 Å². The molecule has 3 N–H and O–H groups in total. The second kappa shape index (κ2) is 7.28. The highest BCUT2D eigenvalue weighted by Crippen LogP contribution is 2.15. The third-order valence-corrected chi connectivity index (χ3v) is 2.80. The van der Waals surface area contributed by atoms with E-state index in [9.17, 15) is 9.18 Å². The van der Waals surface area contributed by atoms with E-state index in [4.69, 9.17) is 5.73 Å². The number of nitrogens with two attached hydrogens (primary N) is 1. The predicted molar refractivity (Wildman–Crippen MR) is 79.9 cm³/mol. The molecule has 0 fully saturated rings. The number of allylic oxidation sites excluding steroid dienone is 4. The van der Waals surface area contributed by atoms with Crippen molar-refractivity contribution in [1.29, 1.82) is 0 Å². The number of carbonyl (C=O) groups excluding carboxylic acids is 1. The lowest BCUT2D eigenvalue weighted by atomic mass is 10.1. The van der Waals surface area contributed by atoms with Crippen molar-refractivity contribution in [2.45, 2.75) is 20.8 Å². The van der Waals surface area contributed by atoms with Gasteiger partial charge >= 0.3 is 0 Å². The lowest BCUT2D eigenvalue weighted by molar-refractivity contribution is -0.108. The first-order chi connectivity index (χ1) is 9.45. The van der Waals surface area contributed by atoms with Crippen molar-refractivity contribution in [3.05, 3.63) is 64.8 Å². The summed E-state index contributed by atoms with van der Waals surface area (Å²) < 4.78 is 12.8. The fourth-order valence-corrected chi connectivity index (χ4v) is 1.68. The fraction of sp³-hybridized carbons (Fsp3) is 0.188. The monoisotopic (exact) mass is 274 g/mol. The summed E-state index contributed by atoms with van der Waals surface area (Å²) in [6.45, 7) is 5.64. The van der Waals surface area contributed by atoms with Gasteiger partial charge in [0.2, 0.25) is 6.41 Å². The SMILES string of the molecule is CC(C)=C(NC=O)/C(N)=C\C=C(/C)c1ccc(F)cc1. The number of amides is 1. The Morgan fingerprint density at radius 2 is 1.75 bits per heavy atom. The number of hydrogen-bond acceptors (Lipinski definition) is 2. The van der Waals surface area contributed by atoms with Gasteiger partial charge in [-0.25, -0.2) is 4.39 Å². The summed E-state index contributed by atoms with van der Waals surface area (Å²) in [6, 6.07) is 6.23. The fourth-order valence-electron chi connectivity index (χ4n) is 1.68. The standard InChI is InChI=1S/C16H19FN2O/c1-11(2)16(19-10-20)15(18)9-4-12(3)13-5-7-14(17)8-6-13/h4-10H,18H2,1-3H3,(H,19,20)/b12-4+,15-9+. The molecule has 0 spiro atoms. The van der Waals surface area contributed by atoms with Crippen LogP contribution in [0.15, 0.2) is 53.4 Å². The van der Waals surface area contributed by atoms with Crippen molar-refractivity contribution in [2.75, 3.05) is 0 Å². The van der Waals surface area contributed by atoms with E-state index >= 15 is 0 Å². The van der Waals surface area contributed by atoms with E-state index in [2.05, 4.69) is 5.32 Å². The molecule has 0 radical (unpaired) electrons. The van der Waals surface area contributed by atoms with Crippen molar-refractivity contribution in [3.8, 4) is 0 Å². The van der Waals surface area contributed by atoms with Gasteiger partial charge in [0.1, 0.15) is 5.82 Å². The molecule has 0 aliphatic rings. The topological polar surface area (TPSA) is 55.1 Å². The molecule has 106 valence electrons. The maximum Gasteiger partial charge on any atom is 0.211 e. The molecule has 20 heavy (non-hydrogen) atoms. The first-order valence-corrected chi connectivity index (χ1v) is 6.23. The molecule has 0 aliphatic carbocycles. The Bertz CT molecular complexity index is 565. The van der Waals surface area contributed by atoms with E-state index in [0.717, 1.165) is 16.7 Å². The Hall–Kier alpha value is -2.36. The molecule has 0 aromatic heterocycles. The third kappa shape index (κ3) is 4.39. The molecular formula is C16H19FN2O. The Morgan fingerprint density at radius 3 is 2.25 bits per heavy atom. The van der Waals surface area contributed by atoms with Gasteiger partial charge in [0, 0.05) is 0 Å². The van der Waals surface area contributed by atoms with Gasteiger partial charge in [-0.2, -0.15) is 0 Å². The highest BCUT2D eigenvalue weighted by molar-refractivity contribution is 5.65. The summed E-state index contributed by atoms with van der Waals surface area (Å²) >= 11 is 0. The van der Waals surface area contributed by atoms with Crippen LogP contribution >= 0.6 is 0 Å². The van der Waals surface area contributed by atoms with E-state index in [1.807, 2.05) is 26.8 Å². The van der Waals surface area contributed by atoms with Gasteiger partial charge in [-0.15, -0.1) is 0 Å². The summed E-state index contributed by atoms with van der Waals surface area (Å²) in [5, 5.41) is 2.58. The van der Waals surface area contributed by atoms with E-state index < -0.39 is 0 Å². The van der Waals surface area contributed by atoms with Crippen LogP contribution in [0.5, 0.6) is 0 Å². The van der Waals surface area contributed by atoms with E-state index in [0.29, 0.717) is 17.8 Å². The molecule has 0 bridgehead atoms. The van der Waals surface area contributed by atoms with Crippen molar-refractivity contribution in [1.82, 2.24) is 5.32 Å². The van der Waals surface area contributed by atoms with E-state index in [-0.39, 0.29) is 5.82 Å². The van der Waals surface area contributed by atoms with Gasteiger partial charge in [-0.3, -0.25) is 4.79 Å². The first-order valence-electron chi connectivity index (χ1n) is 6.23. The summed E-state index contributed by atoms with van der Waals surface area (Å²) in [7, 11) is 0. The third-order valence-electron chi connectivity index (χ3n) is 2.80. The molecule has 0 saturated carbocycles. The number of benzene rings is 1. The Labute approximate surface area is 118 Å². The molecule has 1 aromatic rings. The lowest BCUT2D eigenvalue weighted by Crippen LogP contribution is -2.18. The minimum atomic E-state index is -0.265. The average molecular weight is 274 g/mol. The van der Waals surface area contributed by atoms with Crippen molar-refractivity contribution in [3.63, 3.8) is 0 Å². The number of rotatable bonds is 5. The summed E-state index contributed by atoms with van der Waals surface area (Å²) in [5.41, 5.74) is 9.78. The highest BCUT2D eigenvalue weighted by atomic mass is 19.1. The smallest absolute Gasteiger partial charge is 0.211 e. The zero-order chi connectivity index (χ0) is 15.1. The van der Waals surface area contributed by atoms with Crippen molar-refractivity contribution >= 4 is 12.0 Å². The Balaban J connectivity index is 2.99. The molecule has 1 rings (SSSR count). The minimum absolute atomic E-state index is 0.265. The minimum Gasteiger partial charge on any atom is -0.397 e. The number of halogens is 1. The van der Waals surface area contributed by atoms with Crippen LogP contribution in [0.4, 0.5) is 4.39 Å². The maximum absolute atomic E-state index is 12.8. The van der Waals surface area contributed by atoms with Crippen LogP contribution in [0.1, 0.15) is 26.3 Å². The predicted octanol–water partition coefficient (Wildman–Crippen LogP) is 3.11. The van der Waals surface area contributed by atoms with Crippen molar-refractivity contribution in [2.24, 2.45) is 5.73 Å². The summed E-state index contributed by atoms with van der Waals surface area (Å²) in [5.74, 6) is -0.265. The zero-order valence-corrected chi connectivity index (χ0v) is 11.9. The van der Waals surface area contributed by atoms with Gasteiger partial charge in [0.25, 0.3) is 0 Å². The molecule has 1 amide bonds. The lowest BCUT2D eigenvalue weighted by Gasteiger charge is -2.08. The first kappa shape index (κ1) is 15.7. The zero-order valence-electron chi connectivity index (χ0n) is 11.9. The second-order valence-electron chi connectivity index (χ2n) is 4.62. The van der Waals surface area contributed by atoms with Crippen LogP contribution in [0, 0.1) is 5.82 Å². The largest absolute Gasteiger partial charge is 0.397 e.